The second-order valence-corrected chi connectivity index (χ2v) is 4.58. The van der Waals surface area contributed by atoms with E-state index in [1.807, 2.05) is 19.1 Å². The van der Waals surface area contributed by atoms with Crippen LogP contribution in [0.3, 0.4) is 0 Å². The van der Waals surface area contributed by atoms with Crippen LogP contribution < -0.4 is 15.4 Å². The molecule has 0 fully saturated rings. The van der Waals surface area contributed by atoms with Crippen molar-refractivity contribution in [1.82, 2.24) is 14.7 Å². The molecule has 19 heavy (non-hydrogen) atoms. The molecule has 0 aliphatic carbocycles. The lowest BCUT2D eigenvalue weighted by atomic mass is 10.2. The first-order valence-corrected chi connectivity index (χ1v) is 6.48. The number of hydrogen-bond donors (Lipinski definition) is 2. The van der Waals surface area contributed by atoms with Crippen molar-refractivity contribution >= 4 is 22.6 Å². The molecule has 1 unspecified atom stereocenters. The molecule has 2 aromatic heterocycles. The van der Waals surface area contributed by atoms with Crippen LogP contribution in [0.5, 0.6) is 5.88 Å². The van der Waals surface area contributed by atoms with E-state index in [1.165, 1.54) is 11.5 Å². The maximum absolute atomic E-state index is 11.1. The Morgan fingerprint density at radius 2 is 2.37 bits per heavy atom. The van der Waals surface area contributed by atoms with E-state index >= 15 is 0 Å². The fourth-order valence-electron chi connectivity index (χ4n) is 1.41. The average Bonchev–Trinajstić information content (AvgIpc) is 2.86. The van der Waals surface area contributed by atoms with Crippen molar-refractivity contribution in [3.8, 4) is 5.88 Å². The summed E-state index contributed by atoms with van der Waals surface area (Å²) in [5, 5.41) is 5.74. The van der Waals surface area contributed by atoms with E-state index in [4.69, 9.17) is 4.74 Å². The minimum absolute atomic E-state index is 0.149. The highest BCUT2D eigenvalue weighted by Crippen LogP contribution is 2.26. The van der Waals surface area contributed by atoms with E-state index in [0.717, 1.165) is 5.56 Å². The van der Waals surface area contributed by atoms with Crippen LogP contribution in [-0.4, -0.2) is 22.4 Å². The number of aromatic nitrogens is 2. The van der Waals surface area contributed by atoms with Crippen LogP contribution in [0.25, 0.3) is 0 Å². The van der Waals surface area contributed by atoms with Gasteiger partial charge in [-0.05, 0) is 24.5 Å². The summed E-state index contributed by atoms with van der Waals surface area (Å²) in [7, 11) is 1.55. The van der Waals surface area contributed by atoms with Gasteiger partial charge < -0.3 is 10.1 Å². The Morgan fingerprint density at radius 1 is 1.53 bits per heavy atom. The number of pyridine rings is 1. The molecular formula is C12H14N4O2S. The molecule has 0 radical (unpaired) electrons. The van der Waals surface area contributed by atoms with Crippen LogP contribution in [0.1, 0.15) is 18.6 Å². The van der Waals surface area contributed by atoms with Crippen LogP contribution in [0.4, 0.5) is 9.80 Å². The van der Waals surface area contributed by atoms with Gasteiger partial charge in [0.2, 0.25) is 5.88 Å². The van der Waals surface area contributed by atoms with Gasteiger partial charge in [-0.1, -0.05) is 6.07 Å². The van der Waals surface area contributed by atoms with Gasteiger partial charge in [0, 0.05) is 31.1 Å². The standard InChI is InChI=1S/C12H14N4O2S/c1-8(9-4-3-5-14-7-9)18-10-6-11(19-16-10)15-12(17)13-2/h3-8H,1-2H3,(H2,13,15,17). The summed E-state index contributed by atoms with van der Waals surface area (Å²) in [6.45, 7) is 1.92. The summed E-state index contributed by atoms with van der Waals surface area (Å²) < 4.78 is 9.81. The topological polar surface area (TPSA) is 76.1 Å². The maximum Gasteiger partial charge on any atom is 0.319 e. The number of urea groups is 1. The third kappa shape index (κ3) is 3.65. The zero-order chi connectivity index (χ0) is 13.7. The molecule has 0 saturated heterocycles. The lowest BCUT2D eigenvalue weighted by Crippen LogP contribution is -2.23. The zero-order valence-corrected chi connectivity index (χ0v) is 11.4. The van der Waals surface area contributed by atoms with Crippen molar-refractivity contribution in [2.45, 2.75) is 13.0 Å². The van der Waals surface area contributed by atoms with E-state index in [-0.39, 0.29) is 12.1 Å². The molecule has 0 aliphatic heterocycles. The van der Waals surface area contributed by atoms with Gasteiger partial charge in [-0.25, -0.2) is 4.79 Å². The molecule has 6 nitrogen and oxygen atoms in total. The Balaban J connectivity index is 1.98. The molecule has 0 saturated carbocycles. The monoisotopic (exact) mass is 278 g/mol. The van der Waals surface area contributed by atoms with Crippen LogP contribution in [0, 0.1) is 0 Å². The molecule has 2 aromatic rings. The first kappa shape index (κ1) is 13.3. The van der Waals surface area contributed by atoms with Crippen molar-refractivity contribution in [3.05, 3.63) is 36.2 Å². The van der Waals surface area contributed by atoms with E-state index in [2.05, 4.69) is 20.0 Å². The zero-order valence-electron chi connectivity index (χ0n) is 10.6. The minimum atomic E-state index is -0.282. The number of ether oxygens (including phenoxy) is 1. The van der Waals surface area contributed by atoms with Gasteiger partial charge in [-0.15, -0.1) is 0 Å². The van der Waals surface area contributed by atoms with Crippen molar-refractivity contribution in [2.24, 2.45) is 0 Å². The Morgan fingerprint density at radius 3 is 3.05 bits per heavy atom. The largest absolute Gasteiger partial charge is 0.469 e. The Bertz CT molecular complexity index is 544. The fraction of sp³-hybridized carbons (Fsp3) is 0.250. The van der Waals surface area contributed by atoms with Gasteiger partial charge >= 0.3 is 6.03 Å². The summed E-state index contributed by atoms with van der Waals surface area (Å²) in [5.41, 5.74) is 0.969. The lowest BCUT2D eigenvalue weighted by Gasteiger charge is -2.11. The molecule has 2 N–H and O–H groups in total. The molecule has 2 amide bonds. The quantitative estimate of drug-likeness (QED) is 0.900. The second kappa shape index (κ2) is 6.14. The van der Waals surface area contributed by atoms with Crippen molar-refractivity contribution in [1.29, 1.82) is 0 Å². The molecule has 0 aromatic carbocycles. The molecule has 1 atom stereocenters. The highest BCUT2D eigenvalue weighted by Gasteiger charge is 2.11. The third-order valence-corrected chi connectivity index (χ3v) is 3.09. The molecule has 0 aliphatic rings. The maximum atomic E-state index is 11.1. The Kier molecular flexibility index (Phi) is 4.30. The van der Waals surface area contributed by atoms with E-state index < -0.39 is 0 Å². The summed E-state index contributed by atoms with van der Waals surface area (Å²) >= 11 is 1.17. The van der Waals surface area contributed by atoms with Gasteiger partial charge in [-0.3, -0.25) is 10.3 Å². The van der Waals surface area contributed by atoms with Crippen LogP contribution >= 0.6 is 11.5 Å². The fourth-order valence-corrected chi connectivity index (χ4v) is 1.99. The first-order valence-electron chi connectivity index (χ1n) is 5.71. The Hall–Kier alpha value is -2.15. The Labute approximate surface area is 115 Å². The number of carbonyl (C=O) groups excluding carboxylic acids is 1. The van der Waals surface area contributed by atoms with Gasteiger partial charge in [0.15, 0.2) is 0 Å². The molecule has 0 bridgehead atoms. The average molecular weight is 278 g/mol. The van der Waals surface area contributed by atoms with Crippen molar-refractivity contribution in [3.63, 3.8) is 0 Å². The van der Waals surface area contributed by atoms with Crippen molar-refractivity contribution < 1.29 is 9.53 Å². The number of hydrogen-bond acceptors (Lipinski definition) is 5. The van der Waals surface area contributed by atoms with E-state index in [1.54, 1.807) is 25.5 Å². The highest BCUT2D eigenvalue weighted by atomic mass is 32.1. The minimum Gasteiger partial charge on any atom is -0.469 e. The molecule has 2 heterocycles. The first-order chi connectivity index (χ1) is 9.19. The molecular weight excluding hydrogens is 264 g/mol. The molecule has 2 rings (SSSR count). The summed E-state index contributed by atoms with van der Waals surface area (Å²) in [5.74, 6) is 0.479. The molecule has 0 spiro atoms. The van der Waals surface area contributed by atoms with Gasteiger partial charge in [-0.2, -0.15) is 4.37 Å². The summed E-state index contributed by atoms with van der Waals surface area (Å²) in [6.07, 6.45) is 3.31. The van der Waals surface area contributed by atoms with Gasteiger partial charge in [0.1, 0.15) is 11.1 Å². The van der Waals surface area contributed by atoms with Crippen LogP contribution in [0.2, 0.25) is 0 Å². The predicted molar refractivity (Wildman–Crippen MR) is 73.5 cm³/mol. The third-order valence-electron chi connectivity index (χ3n) is 2.40. The summed E-state index contributed by atoms with van der Waals surface area (Å²) in [4.78, 5) is 15.2. The predicted octanol–water partition coefficient (Wildman–Crippen LogP) is 2.43. The number of carbonyl (C=O) groups is 1. The molecule has 7 heteroatoms. The second-order valence-electron chi connectivity index (χ2n) is 3.78. The highest BCUT2D eigenvalue weighted by molar-refractivity contribution is 7.10. The molecule has 100 valence electrons. The smallest absolute Gasteiger partial charge is 0.319 e. The van der Waals surface area contributed by atoms with E-state index in [0.29, 0.717) is 10.9 Å². The van der Waals surface area contributed by atoms with Gasteiger partial charge in [0.05, 0.1) is 0 Å². The lowest BCUT2D eigenvalue weighted by molar-refractivity contribution is 0.219. The van der Waals surface area contributed by atoms with Crippen LogP contribution in [0.15, 0.2) is 30.6 Å². The number of nitrogens with one attached hydrogen (secondary N) is 2. The summed E-state index contributed by atoms with van der Waals surface area (Å²) in [6, 6.07) is 5.20. The SMILES string of the molecule is CNC(=O)Nc1cc(OC(C)c2cccnc2)ns1. The van der Waals surface area contributed by atoms with Gasteiger partial charge in [0.25, 0.3) is 0 Å². The number of anilines is 1. The number of amides is 2. The number of nitrogens with zero attached hydrogens (tertiary/aromatic N) is 2. The van der Waals surface area contributed by atoms with Crippen LogP contribution in [-0.2, 0) is 0 Å². The normalized spacial score (nSPS) is 11.7. The van der Waals surface area contributed by atoms with E-state index in [9.17, 15) is 4.79 Å². The van der Waals surface area contributed by atoms with Crippen molar-refractivity contribution in [2.75, 3.05) is 12.4 Å². The number of rotatable bonds is 4.